The summed E-state index contributed by atoms with van der Waals surface area (Å²) in [4.78, 5) is -0.0552. The van der Waals surface area contributed by atoms with E-state index in [1.54, 1.807) is 13.0 Å². The molecule has 0 aliphatic carbocycles. The normalized spacial score (nSPS) is 11.6. The zero-order valence-electron chi connectivity index (χ0n) is 6.28. The molecule has 0 radical (unpaired) electrons. The summed E-state index contributed by atoms with van der Waals surface area (Å²) in [5.41, 5.74) is 0.839. The van der Waals surface area contributed by atoms with Gasteiger partial charge in [-0.2, -0.15) is 8.42 Å². The van der Waals surface area contributed by atoms with Crippen LogP contribution in [0.1, 0.15) is 5.56 Å². The van der Waals surface area contributed by atoms with Gasteiger partial charge in [0.2, 0.25) is 0 Å². The Morgan fingerprint density at radius 3 is 2.42 bits per heavy atom. The van der Waals surface area contributed by atoms with E-state index < -0.39 is 10.1 Å². The fourth-order valence-electron chi connectivity index (χ4n) is 0.778. The first-order valence-electron chi connectivity index (χ1n) is 3.15. The Balaban J connectivity index is 3.33. The Morgan fingerprint density at radius 2 is 2.00 bits per heavy atom. The average molecular weight is 298 g/mol. The molecule has 0 unspecified atom stereocenters. The van der Waals surface area contributed by atoms with Crippen LogP contribution in [0.4, 0.5) is 0 Å². The summed E-state index contributed by atoms with van der Waals surface area (Å²) in [5.74, 6) is 0. The SMILES string of the molecule is Cc1cc(S(=O)(=O)O)ccc1I. The molecule has 0 atom stereocenters. The number of hydrogen-bond acceptors (Lipinski definition) is 2. The number of halogens is 1. The smallest absolute Gasteiger partial charge is 0.282 e. The molecule has 0 fully saturated rings. The minimum Gasteiger partial charge on any atom is -0.282 e. The van der Waals surface area contributed by atoms with Crippen LogP contribution in [0.2, 0.25) is 0 Å². The lowest BCUT2D eigenvalue weighted by Crippen LogP contribution is -1.98. The van der Waals surface area contributed by atoms with Crippen molar-refractivity contribution in [1.29, 1.82) is 0 Å². The van der Waals surface area contributed by atoms with Crippen molar-refractivity contribution in [3.05, 3.63) is 27.3 Å². The lowest BCUT2D eigenvalue weighted by Gasteiger charge is -2.00. The lowest BCUT2D eigenvalue weighted by atomic mass is 10.2. The summed E-state index contributed by atoms with van der Waals surface area (Å²) >= 11 is 2.09. The molecular formula is C7H7IO3S. The lowest BCUT2D eigenvalue weighted by molar-refractivity contribution is 0.483. The summed E-state index contributed by atoms with van der Waals surface area (Å²) in [6.07, 6.45) is 0. The Bertz CT molecular complexity index is 397. The van der Waals surface area contributed by atoms with Crippen molar-refractivity contribution in [2.45, 2.75) is 11.8 Å². The van der Waals surface area contributed by atoms with E-state index in [-0.39, 0.29) is 4.90 Å². The Morgan fingerprint density at radius 1 is 1.42 bits per heavy atom. The van der Waals surface area contributed by atoms with Gasteiger partial charge in [0, 0.05) is 3.57 Å². The molecule has 1 rings (SSSR count). The van der Waals surface area contributed by atoms with Gasteiger partial charge in [-0.05, 0) is 53.3 Å². The molecule has 1 aromatic carbocycles. The molecular weight excluding hydrogens is 291 g/mol. The van der Waals surface area contributed by atoms with Gasteiger partial charge in [0.05, 0.1) is 4.90 Å². The van der Waals surface area contributed by atoms with E-state index in [2.05, 4.69) is 22.6 Å². The van der Waals surface area contributed by atoms with Crippen LogP contribution < -0.4 is 0 Å². The molecule has 1 N–H and O–H groups in total. The largest absolute Gasteiger partial charge is 0.294 e. The van der Waals surface area contributed by atoms with Crippen LogP contribution in [0.25, 0.3) is 0 Å². The highest BCUT2D eigenvalue weighted by molar-refractivity contribution is 14.1. The average Bonchev–Trinajstić information content (AvgIpc) is 1.92. The monoisotopic (exact) mass is 298 g/mol. The van der Waals surface area contributed by atoms with Gasteiger partial charge in [-0.15, -0.1) is 0 Å². The van der Waals surface area contributed by atoms with E-state index in [1.807, 2.05) is 0 Å². The molecule has 0 heterocycles. The predicted octanol–water partition coefficient (Wildman–Crippen LogP) is 1.85. The first-order chi connectivity index (χ1) is 5.41. The van der Waals surface area contributed by atoms with Gasteiger partial charge in [0.1, 0.15) is 0 Å². The molecule has 0 aromatic heterocycles. The molecule has 66 valence electrons. The number of benzene rings is 1. The van der Waals surface area contributed by atoms with Crippen LogP contribution in [-0.4, -0.2) is 13.0 Å². The second-order valence-corrected chi connectivity index (χ2v) is 4.97. The minimum atomic E-state index is -4.05. The number of aryl methyl sites for hydroxylation is 1. The van der Waals surface area contributed by atoms with Crippen molar-refractivity contribution in [3.8, 4) is 0 Å². The molecule has 0 spiro atoms. The zero-order chi connectivity index (χ0) is 9.35. The molecule has 12 heavy (non-hydrogen) atoms. The van der Waals surface area contributed by atoms with Crippen molar-refractivity contribution < 1.29 is 13.0 Å². The number of rotatable bonds is 1. The van der Waals surface area contributed by atoms with Crippen molar-refractivity contribution in [2.24, 2.45) is 0 Å². The van der Waals surface area contributed by atoms with Gasteiger partial charge in [0.25, 0.3) is 10.1 Å². The predicted molar refractivity (Wildman–Crippen MR) is 53.7 cm³/mol. The van der Waals surface area contributed by atoms with Crippen LogP contribution in [0.5, 0.6) is 0 Å². The van der Waals surface area contributed by atoms with Gasteiger partial charge in [-0.25, -0.2) is 0 Å². The molecule has 0 saturated heterocycles. The fourth-order valence-corrected chi connectivity index (χ4v) is 1.68. The molecule has 0 bridgehead atoms. The molecule has 5 heteroatoms. The van der Waals surface area contributed by atoms with Gasteiger partial charge >= 0.3 is 0 Å². The summed E-state index contributed by atoms with van der Waals surface area (Å²) in [5, 5.41) is 0. The summed E-state index contributed by atoms with van der Waals surface area (Å²) < 4.78 is 30.9. The molecule has 1 aromatic rings. The van der Waals surface area contributed by atoms with Crippen molar-refractivity contribution in [1.82, 2.24) is 0 Å². The van der Waals surface area contributed by atoms with E-state index in [1.165, 1.54) is 12.1 Å². The maximum absolute atomic E-state index is 10.6. The fraction of sp³-hybridized carbons (Fsp3) is 0.143. The van der Waals surface area contributed by atoms with Gasteiger partial charge < -0.3 is 0 Å². The third-order valence-corrected chi connectivity index (χ3v) is 3.49. The van der Waals surface area contributed by atoms with Gasteiger partial charge in [-0.3, -0.25) is 4.55 Å². The third kappa shape index (κ3) is 2.18. The van der Waals surface area contributed by atoms with Crippen molar-refractivity contribution in [2.75, 3.05) is 0 Å². The molecule has 0 amide bonds. The van der Waals surface area contributed by atoms with Crippen LogP contribution in [0, 0.1) is 10.5 Å². The van der Waals surface area contributed by atoms with E-state index in [4.69, 9.17) is 4.55 Å². The van der Waals surface area contributed by atoms with Gasteiger partial charge in [0.15, 0.2) is 0 Å². The molecule has 0 aliphatic heterocycles. The van der Waals surface area contributed by atoms with Crippen LogP contribution >= 0.6 is 22.6 Å². The first-order valence-corrected chi connectivity index (χ1v) is 5.67. The number of hydrogen-bond donors (Lipinski definition) is 1. The first kappa shape index (κ1) is 9.94. The highest BCUT2D eigenvalue weighted by Crippen LogP contribution is 2.16. The van der Waals surface area contributed by atoms with Crippen LogP contribution in [0.3, 0.4) is 0 Å². The van der Waals surface area contributed by atoms with Gasteiger partial charge in [-0.1, -0.05) is 0 Å². The molecule has 0 aliphatic rings. The maximum Gasteiger partial charge on any atom is 0.294 e. The van der Waals surface area contributed by atoms with E-state index in [0.717, 1.165) is 9.13 Å². The van der Waals surface area contributed by atoms with E-state index in [9.17, 15) is 8.42 Å². The summed E-state index contributed by atoms with van der Waals surface area (Å²) in [7, 11) is -4.05. The summed E-state index contributed by atoms with van der Waals surface area (Å²) in [6.45, 7) is 1.79. The standard InChI is InChI=1S/C7H7IO3S/c1-5-4-6(12(9,10)11)2-3-7(5)8/h2-4H,1H3,(H,9,10,11). The maximum atomic E-state index is 10.6. The summed E-state index contributed by atoms with van der Waals surface area (Å²) in [6, 6.07) is 4.47. The third-order valence-electron chi connectivity index (χ3n) is 1.43. The Kier molecular flexibility index (Phi) is 2.74. The highest BCUT2D eigenvalue weighted by atomic mass is 127. The van der Waals surface area contributed by atoms with E-state index >= 15 is 0 Å². The zero-order valence-corrected chi connectivity index (χ0v) is 9.26. The molecule has 0 saturated carbocycles. The second-order valence-electron chi connectivity index (χ2n) is 2.39. The van der Waals surface area contributed by atoms with Crippen molar-refractivity contribution in [3.63, 3.8) is 0 Å². The minimum absolute atomic E-state index is 0.0552. The van der Waals surface area contributed by atoms with Crippen LogP contribution in [-0.2, 0) is 10.1 Å². The second kappa shape index (κ2) is 3.31. The Hall–Kier alpha value is -0.140. The highest BCUT2D eigenvalue weighted by Gasteiger charge is 2.09. The topological polar surface area (TPSA) is 54.4 Å². The van der Waals surface area contributed by atoms with Crippen LogP contribution in [0.15, 0.2) is 23.1 Å². The van der Waals surface area contributed by atoms with Crippen molar-refractivity contribution >= 4 is 32.7 Å². The quantitative estimate of drug-likeness (QED) is 0.636. The Labute approximate surface area is 84.7 Å². The molecule has 3 nitrogen and oxygen atoms in total. The van der Waals surface area contributed by atoms with E-state index in [0.29, 0.717) is 0 Å².